The molecule has 2 heterocycles. The zero-order valence-corrected chi connectivity index (χ0v) is 41.4. The Labute approximate surface area is 415 Å². The van der Waals surface area contributed by atoms with Crippen LogP contribution in [0.15, 0.2) is 205 Å². The van der Waals surface area contributed by atoms with E-state index >= 15 is 0 Å². The Kier molecular flexibility index (Phi) is 15.7. The molecule has 0 saturated carbocycles. The van der Waals surface area contributed by atoms with Gasteiger partial charge in [0, 0.05) is 37.1 Å². The third-order valence-electron chi connectivity index (χ3n) is 13.2. The van der Waals surface area contributed by atoms with Crippen LogP contribution in [0, 0.1) is 12.8 Å². The molecule has 0 spiro atoms. The highest BCUT2D eigenvalue weighted by atomic mass is 32.1. The maximum Gasteiger partial charge on any atom is 0.0633 e. The summed E-state index contributed by atoms with van der Waals surface area (Å²) in [5, 5.41) is 2.64. The summed E-state index contributed by atoms with van der Waals surface area (Å²) in [6, 6.07) is 59.8. The van der Waals surface area contributed by atoms with Crippen molar-refractivity contribution in [2.24, 2.45) is 4.99 Å². The highest BCUT2D eigenvalue weighted by molar-refractivity contribution is 7.25. The standard InChI is InChI=1S/C46H35NS.C8H9N.C8H10.C2H6.C2H2/c1-28(2)29-17-20-45-41(24-29)42-27-33(18-21-46(42)48-45)30-9-7-10-36(23-30)47-43-13-6-5-12-38(43)40-26-32(16-19-44(40)47)31-14-15-35-22-34-8-3-4-11-37(34)39(35)25-31;1-9-7-8-5-3-2-4-6-8;1-2-8-6-4-3-5-7-8;2*1-2/h4-7,9-18,20-21,23-27,44H,1,3,8,19,22H2,2H3;2-6H,1,7H2;3-7H,2H2,1H3;1-2H3;1-2H. The fraction of sp³-hybridized carbons (Fsp3) is 0.167. The summed E-state index contributed by atoms with van der Waals surface area (Å²) in [5.41, 5.74) is 21.4. The maximum atomic E-state index is 4.19. The average Bonchev–Trinajstić information content (AvgIpc) is 4.09. The summed E-state index contributed by atoms with van der Waals surface area (Å²) >= 11 is 1.87. The van der Waals surface area contributed by atoms with Gasteiger partial charge in [-0.15, -0.1) is 24.2 Å². The Bertz CT molecular complexity index is 3260. The minimum atomic E-state index is 0.273. The molecule has 0 radical (unpaired) electrons. The Morgan fingerprint density at radius 1 is 0.710 bits per heavy atom. The van der Waals surface area contributed by atoms with Crippen molar-refractivity contribution in [3.63, 3.8) is 0 Å². The summed E-state index contributed by atoms with van der Waals surface area (Å²) < 4.78 is 2.65. The first kappa shape index (κ1) is 48.0. The van der Waals surface area contributed by atoms with Crippen molar-refractivity contribution in [1.29, 1.82) is 0 Å². The van der Waals surface area contributed by atoms with Crippen LogP contribution in [0.2, 0.25) is 0 Å². The van der Waals surface area contributed by atoms with Crippen molar-refractivity contribution >= 4 is 71.9 Å². The van der Waals surface area contributed by atoms with Crippen LogP contribution in [-0.2, 0) is 19.4 Å². The molecule has 342 valence electrons. The summed E-state index contributed by atoms with van der Waals surface area (Å²) in [6.45, 7) is 16.6. The number of terminal acetylenes is 1. The van der Waals surface area contributed by atoms with E-state index in [4.69, 9.17) is 0 Å². The molecule has 12 rings (SSSR count). The number of aliphatic imine (C=N–C) groups is 1. The molecule has 8 aromatic rings. The number of hydrogen-bond acceptors (Lipinski definition) is 3. The zero-order chi connectivity index (χ0) is 48.3. The summed E-state index contributed by atoms with van der Waals surface area (Å²) in [4.78, 5) is 6.33. The van der Waals surface area contributed by atoms with Crippen LogP contribution in [0.1, 0.15) is 85.9 Å². The number of thiophene rings is 1. The first-order valence-electron chi connectivity index (χ1n) is 24.3. The van der Waals surface area contributed by atoms with Crippen molar-refractivity contribution in [2.75, 3.05) is 4.90 Å². The van der Waals surface area contributed by atoms with E-state index in [-0.39, 0.29) is 6.04 Å². The van der Waals surface area contributed by atoms with Gasteiger partial charge >= 0.3 is 0 Å². The van der Waals surface area contributed by atoms with Gasteiger partial charge in [0.15, 0.2) is 0 Å². The Balaban J connectivity index is 0.000000255. The average molecular weight is 915 g/mol. The summed E-state index contributed by atoms with van der Waals surface area (Å²) in [6.07, 6.45) is 23.2. The second-order valence-electron chi connectivity index (χ2n) is 17.5. The zero-order valence-electron chi connectivity index (χ0n) is 40.6. The van der Waals surface area contributed by atoms with Crippen molar-refractivity contribution in [3.05, 3.63) is 239 Å². The van der Waals surface area contributed by atoms with E-state index in [0.717, 1.165) is 31.4 Å². The van der Waals surface area contributed by atoms with E-state index in [1.807, 2.05) is 61.6 Å². The number of aryl methyl sites for hydroxylation is 1. The fourth-order valence-electron chi connectivity index (χ4n) is 9.86. The van der Waals surface area contributed by atoms with Gasteiger partial charge in [0.25, 0.3) is 0 Å². The molecule has 1 aromatic heterocycles. The van der Waals surface area contributed by atoms with E-state index in [2.05, 4.69) is 202 Å². The fourth-order valence-corrected chi connectivity index (χ4v) is 10.9. The first-order valence-corrected chi connectivity index (χ1v) is 25.2. The van der Waals surface area contributed by atoms with Gasteiger partial charge in [-0.05, 0) is 162 Å². The van der Waals surface area contributed by atoms with Gasteiger partial charge in [-0.3, -0.25) is 4.99 Å². The van der Waals surface area contributed by atoms with E-state index < -0.39 is 0 Å². The van der Waals surface area contributed by atoms with Crippen molar-refractivity contribution < 1.29 is 0 Å². The largest absolute Gasteiger partial charge is 0.333 e. The molecule has 0 bridgehead atoms. The van der Waals surface area contributed by atoms with Crippen molar-refractivity contribution in [2.45, 2.75) is 72.4 Å². The molecule has 3 aliphatic carbocycles. The molecule has 69 heavy (non-hydrogen) atoms. The number of fused-ring (bicyclic) bond motifs is 8. The van der Waals surface area contributed by atoms with Gasteiger partial charge in [-0.25, -0.2) is 0 Å². The molecular formula is C66H62N2S. The van der Waals surface area contributed by atoms with Gasteiger partial charge in [0.1, 0.15) is 0 Å². The van der Waals surface area contributed by atoms with Crippen LogP contribution in [0.4, 0.5) is 11.4 Å². The van der Waals surface area contributed by atoms with Crippen molar-refractivity contribution in [1.82, 2.24) is 0 Å². The number of benzene rings is 7. The predicted molar refractivity (Wildman–Crippen MR) is 305 cm³/mol. The lowest BCUT2D eigenvalue weighted by molar-refractivity contribution is 0.831. The van der Waals surface area contributed by atoms with Gasteiger partial charge in [-0.2, -0.15) is 0 Å². The van der Waals surface area contributed by atoms with Gasteiger partial charge in [-0.1, -0.05) is 172 Å². The number of nitrogens with zero attached hydrogens (tertiary/aromatic N) is 2. The van der Waals surface area contributed by atoms with Crippen LogP contribution in [0.5, 0.6) is 0 Å². The highest BCUT2D eigenvalue weighted by Gasteiger charge is 2.36. The van der Waals surface area contributed by atoms with Gasteiger partial charge in [0.2, 0.25) is 0 Å². The van der Waals surface area contributed by atoms with Crippen LogP contribution < -0.4 is 4.90 Å². The monoisotopic (exact) mass is 914 g/mol. The second-order valence-corrected chi connectivity index (χ2v) is 18.5. The van der Waals surface area contributed by atoms with Crippen LogP contribution in [0.25, 0.3) is 53.6 Å². The number of allylic oxidation sites excluding steroid dienone is 7. The molecule has 1 atom stereocenters. The quantitative estimate of drug-likeness (QED) is 0.115. The molecule has 4 aliphatic rings. The lowest BCUT2D eigenvalue weighted by Crippen LogP contribution is -2.27. The molecule has 0 N–H and O–H groups in total. The lowest BCUT2D eigenvalue weighted by atomic mass is 9.88. The SMILES string of the molecule is C#C.C=C(C)c1ccc2sc3ccc(-c4cccc(N5c6ccccc6C6=CC(c7ccc8c(c7)C7=C(CCC=C7)C8)=CCC65)c4)cc3c2c1.C=NCc1ccccc1.CC.CCc1ccccc1. The predicted octanol–water partition coefficient (Wildman–Crippen LogP) is 18.2. The van der Waals surface area contributed by atoms with Crippen LogP contribution in [-0.4, -0.2) is 12.8 Å². The Morgan fingerprint density at radius 2 is 1.39 bits per heavy atom. The van der Waals surface area contributed by atoms with Crippen LogP contribution >= 0.6 is 11.3 Å². The molecule has 3 heteroatoms. The molecule has 0 fully saturated rings. The number of rotatable bonds is 7. The van der Waals surface area contributed by atoms with E-state index in [9.17, 15) is 0 Å². The third kappa shape index (κ3) is 10.3. The summed E-state index contributed by atoms with van der Waals surface area (Å²) in [5.74, 6) is 0. The Hall–Kier alpha value is -7.51. The summed E-state index contributed by atoms with van der Waals surface area (Å²) in [7, 11) is 0. The van der Waals surface area contributed by atoms with E-state index in [1.54, 1.807) is 5.57 Å². The van der Waals surface area contributed by atoms with Crippen molar-refractivity contribution in [3.8, 4) is 24.0 Å². The van der Waals surface area contributed by atoms with E-state index in [0.29, 0.717) is 0 Å². The Morgan fingerprint density at radius 3 is 2.12 bits per heavy atom. The van der Waals surface area contributed by atoms with Crippen LogP contribution in [0.3, 0.4) is 0 Å². The third-order valence-corrected chi connectivity index (χ3v) is 14.4. The second kappa shape index (κ2) is 22.5. The number of anilines is 2. The molecule has 1 aliphatic heterocycles. The minimum absolute atomic E-state index is 0.273. The smallest absolute Gasteiger partial charge is 0.0633 e. The molecule has 2 nitrogen and oxygen atoms in total. The molecule has 1 unspecified atom stereocenters. The molecule has 0 saturated heterocycles. The number of para-hydroxylation sites is 1. The maximum absolute atomic E-state index is 4.19. The van der Waals surface area contributed by atoms with Gasteiger partial charge in [0.05, 0.1) is 12.6 Å². The number of hydrogen-bond donors (Lipinski definition) is 0. The minimum Gasteiger partial charge on any atom is -0.333 e. The molecular weight excluding hydrogens is 853 g/mol. The normalized spacial score (nSPS) is 14.6. The molecule has 7 aromatic carbocycles. The highest BCUT2D eigenvalue weighted by Crippen LogP contribution is 2.50. The first-order chi connectivity index (χ1) is 33.9. The van der Waals surface area contributed by atoms with Gasteiger partial charge < -0.3 is 4.90 Å². The topological polar surface area (TPSA) is 15.6 Å². The lowest BCUT2D eigenvalue weighted by Gasteiger charge is -2.30. The van der Waals surface area contributed by atoms with E-state index in [1.165, 1.54) is 111 Å². The molecule has 0 amide bonds.